The molecule has 0 aliphatic carbocycles. The van der Waals surface area contributed by atoms with Crippen molar-refractivity contribution in [2.24, 2.45) is 0 Å². The Balaban J connectivity index is 1.50. The highest BCUT2D eigenvalue weighted by molar-refractivity contribution is 7.99. The van der Waals surface area contributed by atoms with E-state index in [0.29, 0.717) is 28.4 Å². The minimum Gasteiger partial charge on any atom is -0.493 e. The Bertz CT molecular complexity index is 879. The minimum atomic E-state index is 0.261. The van der Waals surface area contributed by atoms with Crippen LogP contribution in [0.1, 0.15) is 17.0 Å². The number of aromatic nitrogens is 3. The van der Waals surface area contributed by atoms with Crippen LogP contribution in [-0.2, 0) is 6.61 Å². The van der Waals surface area contributed by atoms with E-state index in [2.05, 4.69) is 10.2 Å². The summed E-state index contributed by atoms with van der Waals surface area (Å²) in [4.78, 5) is 0. The molecule has 3 aromatic rings. The molecule has 2 N–H and O–H groups in total. The molecule has 0 bridgehead atoms. The van der Waals surface area contributed by atoms with Gasteiger partial charge in [-0.2, -0.15) is 0 Å². The topological polar surface area (TPSA) is 75.2 Å². The van der Waals surface area contributed by atoms with E-state index in [1.807, 2.05) is 44.2 Å². The third-order valence-corrected chi connectivity index (χ3v) is 5.05. The fraction of sp³-hybridized carbons (Fsp3) is 0.263. The molecular formula is C19H21ClN4O2S. The van der Waals surface area contributed by atoms with Gasteiger partial charge in [0, 0.05) is 10.8 Å². The quantitative estimate of drug-likeness (QED) is 0.347. The van der Waals surface area contributed by atoms with Crippen molar-refractivity contribution < 1.29 is 9.47 Å². The van der Waals surface area contributed by atoms with Gasteiger partial charge in [0.25, 0.3) is 0 Å². The summed E-state index contributed by atoms with van der Waals surface area (Å²) in [7, 11) is 0. The summed E-state index contributed by atoms with van der Waals surface area (Å²) in [6.45, 7) is 4.80. The highest BCUT2D eigenvalue weighted by Crippen LogP contribution is 2.24. The lowest BCUT2D eigenvalue weighted by Gasteiger charge is -2.11. The maximum absolute atomic E-state index is 6.09. The zero-order valence-electron chi connectivity index (χ0n) is 15.2. The van der Waals surface area contributed by atoms with E-state index in [1.54, 1.807) is 12.1 Å². The fourth-order valence-corrected chi connectivity index (χ4v) is 3.31. The van der Waals surface area contributed by atoms with Crippen molar-refractivity contribution in [2.45, 2.75) is 25.6 Å². The molecule has 0 amide bonds. The van der Waals surface area contributed by atoms with Crippen molar-refractivity contribution in [1.29, 1.82) is 0 Å². The van der Waals surface area contributed by atoms with Gasteiger partial charge in [-0.3, -0.25) is 0 Å². The Kier molecular flexibility index (Phi) is 6.47. The number of hydrogen-bond acceptors (Lipinski definition) is 6. The van der Waals surface area contributed by atoms with Crippen LogP contribution in [0.15, 0.2) is 47.6 Å². The van der Waals surface area contributed by atoms with Crippen molar-refractivity contribution in [2.75, 3.05) is 18.2 Å². The first kappa shape index (κ1) is 19.4. The van der Waals surface area contributed by atoms with Gasteiger partial charge in [-0.1, -0.05) is 41.6 Å². The van der Waals surface area contributed by atoms with Gasteiger partial charge in [-0.15, -0.1) is 10.2 Å². The van der Waals surface area contributed by atoms with Gasteiger partial charge in [0.2, 0.25) is 5.16 Å². The van der Waals surface area contributed by atoms with Gasteiger partial charge < -0.3 is 15.3 Å². The molecule has 142 valence electrons. The van der Waals surface area contributed by atoms with Crippen LogP contribution in [-0.4, -0.2) is 27.2 Å². The molecule has 0 fully saturated rings. The Morgan fingerprint density at radius 1 is 1.04 bits per heavy atom. The zero-order valence-corrected chi connectivity index (χ0v) is 16.8. The number of ether oxygens (including phenoxy) is 2. The molecule has 0 unspecified atom stereocenters. The molecular weight excluding hydrogens is 384 g/mol. The van der Waals surface area contributed by atoms with E-state index in [9.17, 15) is 0 Å². The monoisotopic (exact) mass is 404 g/mol. The maximum atomic E-state index is 6.09. The fourth-order valence-electron chi connectivity index (χ4n) is 2.49. The number of rotatable bonds is 8. The number of aryl methyl sites for hydroxylation is 2. The summed E-state index contributed by atoms with van der Waals surface area (Å²) in [5, 5.41) is 9.55. The number of para-hydroxylation sites is 1. The molecule has 6 nitrogen and oxygen atoms in total. The van der Waals surface area contributed by atoms with Crippen LogP contribution >= 0.6 is 23.4 Å². The van der Waals surface area contributed by atoms with E-state index in [-0.39, 0.29) is 6.61 Å². The van der Waals surface area contributed by atoms with Crippen molar-refractivity contribution in [3.63, 3.8) is 0 Å². The third kappa shape index (κ3) is 5.08. The molecule has 27 heavy (non-hydrogen) atoms. The third-order valence-electron chi connectivity index (χ3n) is 3.89. The lowest BCUT2D eigenvalue weighted by Crippen LogP contribution is -2.16. The molecule has 0 atom stereocenters. The van der Waals surface area contributed by atoms with E-state index in [4.69, 9.17) is 26.9 Å². The molecule has 0 saturated carbocycles. The predicted octanol–water partition coefficient (Wildman–Crippen LogP) is 4.01. The second kappa shape index (κ2) is 9.01. The van der Waals surface area contributed by atoms with Crippen molar-refractivity contribution >= 4 is 23.4 Å². The van der Waals surface area contributed by atoms with Crippen molar-refractivity contribution in [3.05, 3.63) is 64.4 Å². The van der Waals surface area contributed by atoms with E-state index in [1.165, 1.54) is 16.4 Å². The molecule has 0 saturated heterocycles. The number of thioether (sulfide) groups is 1. The van der Waals surface area contributed by atoms with Crippen molar-refractivity contribution in [3.8, 4) is 11.5 Å². The SMILES string of the molecule is Cc1cccc(C)c1OCc1nnc(SCCOc2ccc(Cl)cc2)n1N. The first-order valence-corrected chi connectivity index (χ1v) is 9.80. The molecule has 1 aromatic heterocycles. The van der Waals surface area contributed by atoms with Crippen molar-refractivity contribution in [1.82, 2.24) is 14.9 Å². The average Bonchev–Trinajstić information content (AvgIpc) is 3.00. The largest absolute Gasteiger partial charge is 0.493 e. The van der Waals surface area contributed by atoms with Crippen LogP contribution in [0.25, 0.3) is 0 Å². The molecule has 0 spiro atoms. The Labute approximate surface area is 167 Å². The highest BCUT2D eigenvalue weighted by atomic mass is 35.5. The normalized spacial score (nSPS) is 10.8. The van der Waals surface area contributed by atoms with Crippen LogP contribution in [0.3, 0.4) is 0 Å². The van der Waals surface area contributed by atoms with Gasteiger partial charge in [0.1, 0.15) is 18.1 Å². The lowest BCUT2D eigenvalue weighted by molar-refractivity contribution is 0.288. The molecule has 0 radical (unpaired) electrons. The molecule has 1 heterocycles. The van der Waals surface area contributed by atoms with Crippen LogP contribution in [0.2, 0.25) is 5.02 Å². The molecule has 0 aliphatic heterocycles. The number of hydrogen-bond donors (Lipinski definition) is 1. The Morgan fingerprint density at radius 3 is 2.44 bits per heavy atom. The van der Waals surface area contributed by atoms with Gasteiger partial charge in [0.05, 0.1) is 6.61 Å². The highest BCUT2D eigenvalue weighted by Gasteiger charge is 2.12. The average molecular weight is 405 g/mol. The number of nitrogen functional groups attached to an aromatic ring is 1. The second-order valence-electron chi connectivity index (χ2n) is 5.93. The summed E-state index contributed by atoms with van der Waals surface area (Å²) in [5.41, 5.74) is 2.15. The summed E-state index contributed by atoms with van der Waals surface area (Å²) < 4.78 is 13.0. The summed E-state index contributed by atoms with van der Waals surface area (Å²) >= 11 is 7.33. The van der Waals surface area contributed by atoms with Crippen LogP contribution in [0.4, 0.5) is 0 Å². The second-order valence-corrected chi connectivity index (χ2v) is 7.43. The maximum Gasteiger partial charge on any atom is 0.210 e. The molecule has 3 rings (SSSR count). The van der Waals surface area contributed by atoms with Crippen LogP contribution in [0, 0.1) is 13.8 Å². The van der Waals surface area contributed by atoms with Crippen LogP contribution in [0.5, 0.6) is 11.5 Å². The standard InChI is InChI=1S/C19H21ClN4O2S/c1-13-4-3-5-14(2)18(13)26-12-17-22-23-19(24(17)21)27-11-10-25-16-8-6-15(20)7-9-16/h3-9H,10-12,21H2,1-2H3. The number of nitrogens with zero attached hydrogens (tertiary/aromatic N) is 3. The molecule has 8 heteroatoms. The predicted molar refractivity (Wildman–Crippen MR) is 108 cm³/mol. The smallest absolute Gasteiger partial charge is 0.210 e. The van der Waals surface area contributed by atoms with Crippen LogP contribution < -0.4 is 15.3 Å². The lowest BCUT2D eigenvalue weighted by atomic mass is 10.1. The van der Waals surface area contributed by atoms with Gasteiger partial charge >= 0.3 is 0 Å². The number of halogens is 1. The number of nitrogens with two attached hydrogens (primary N) is 1. The Hall–Kier alpha value is -2.38. The first-order valence-electron chi connectivity index (χ1n) is 8.44. The van der Waals surface area contributed by atoms with Gasteiger partial charge in [-0.25, -0.2) is 4.68 Å². The van der Waals surface area contributed by atoms with E-state index < -0.39 is 0 Å². The first-order chi connectivity index (χ1) is 13.0. The summed E-state index contributed by atoms with van der Waals surface area (Å²) in [5.74, 6) is 8.98. The molecule has 0 aliphatic rings. The zero-order chi connectivity index (χ0) is 19.2. The van der Waals surface area contributed by atoms with Gasteiger partial charge in [-0.05, 0) is 49.2 Å². The van der Waals surface area contributed by atoms with E-state index >= 15 is 0 Å². The number of benzene rings is 2. The summed E-state index contributed by atoms with van der Waals surface area (Å²) in [6, 6.07) is 13.3. The Morgan fingerprint density at radius 2 is 1.74 bits per heavy atom. The minimum absolute atomic E-state index is 0.261. The van der Waals surface area contributed by atoms with E-state index in [0.717, 1.165) is 22.6 Å². The summed E-state index contributed by atoms with van der Waals surface area (Å²) in [6.07, 6.45) is 0. The van der Waals surface area contributed by atoms with Gasteiger partial charge in [0.15, 0.2) is 5.82 Å². The molecule has 2 aromatic carbocycles.